The van der Waals surface area contributed by atoms with Crippen molar-refractivity contribution in [3.05, 3.63) is 0 Å². The standard InChI is InChI=1S/C7H12N2O2/c10-6-2-3-7(11)9-5-1-4-8-6/h1-5H2,(H,8,10)(H,9,11). The molecule has 0 radical (unpaired) electrons. The largest absolute Gasteiger partial charge is 0.356 e. The minimum Gasteiger partial charge on any atom is -0.356 e. The summed E-state index contributed by atoms with van der Waals surface area (Å²) in [7, 11) is 0. The molecule has 1 saturated heterocycles. The molecule has 0 aromatic heterocycles. The van der Waals surface area contributed by atoms with Crippen LogP contribution in [0.4, 0.5) is 0 Å². The van der Waals surface area contributed by atoms with Gasteiger partial charge in [-0.2, -0.15) is 0 Å². The van der Waals surface area contributed by atoms with E-state index in [2.05, 4.69) is 10.6 Å². The molecule has 1 aliphatic rings. The summed E-state index contributed by atoms with van der Waals surface area (Å²) in [5, 5.41) is 5.43. The van der Waals surface area contributed by atoms with Gasteiger partial charge in [-0.25, -0.2) is 0 Å². The van der Waals surface area contributed by atoms with E-state index in [0.29, 0.717) is 25.9 Å². The first kappa shape index (κ1) is 8.04. The topological polar surface area (TPSA) is 58.2 Å². The minimum absolute atomic E-state index is 0.0259. The maximum Gasteiger partial charge on any atom is 0.220 e. The smallest absolute Gasteiger partial charge is 0.220 e. The molecule has 2 N–H and O–H groups in total. The number of hydrogen-bond donors (Lipinski definition) is 2. The fourth-order valence-electron chi connectivity index (χ4n) is 0.948. The molecule has 1 rings (SSSR count). The Morgan fingerprint density at radius 1 is 0.909 bits per heavy atom. The van der Waals surface area contributed by atoms with Gasteiger partial charge in [0.1, 0.15) is 0 Å². The van der Waals surface area contributed by atoms with Crippen LogP contribution < -0.4 is 10.6 Å². The Hall–Kier alpha value is -1.06. The zero-order chi connectivity index (χ0) is 8.10. The maximum atomic E-state index is 10.8. The van der Waals surface area contributed by atoms with Crippen molar-refractivity contribution in [2.75, 3.05) is 13.1 Å². The highest BCUT2D eigenvalue weighted by molar-refractivity contribution is 5.83. The van der Waals surface area contributed by atoms with Gasteiger partial charge in [0.2, 0.25) is 11.8 Å². The van der Waals surface area contributed by atoms with Crippen LogP contribution in [0.3, 0.4) is 0 Å². The Balaban J connectivity index is 2.37. The average molecular weight is 156 g/mol. The molecule has 0 unspecified atom stereocenters. The molecule has 0 atom stereocenters. The second kappa shape index (κ2) is 3.95. The molecule has 2 amide bonds. The fourth-order valence-corrected chi connectivity index (χ4v) is 0.948. The zero-order valence-corrected chi connectivity index (χ0v) is 6.35. The van der Waals surface area contributed by atoms with Gasteiger partial charge in [-0.05, 0) is 6.42 Å². The van der Waals surface area contributed by atoms with Crippen LogP contribution in [0.25, 0.3) is 0 Å². The summed E-state index contributed by atoms with van der Waals surface area (Å²) in [6, 6.07) is 0. The number of hydrogen-bond acceptors (Lipinski definition) is 2. The zero-order valence-electron chi connectivity index (χ0n) is 6.35. The van der Waals surface area contributed by atoms with E-state index < -0.39 is 0 Å². The minimum atomic E-state index is -0.0259. The Morgan fingerprint density at radius 3 is 1.82 bits per heavy atom. The monoisotopic (exact) mass is 156 g/mol. The summed E-state index contributed by atoms with van der Waals surface area (Å²) in [5.41, 5.74) is 0. The van der Waals surface area contributed by atoms with Crippen molar-refractivity contribution in [3.63, 3.8) is 0 Å². The number of rotatable bonds is 0. The van der Waals surface area contributed by atoms with Crippen LogP contribution in [0.5, 0.6) is 0 Å². The average Bonchev–Trinajstić information content (AvgIpc) is 2.06. The van der Waals surface area contributed by atoms with Crippen molar-refractivity contribution < 1.29 is 9.59 Å². The van der Waals surface area contributed by atoms with Crippen LogP contribution in [0.2, 0.25) is 0 Å². The van der Waals surface area contributed by atoms with Crippen molar-refractivity contribution in [1.82, 2.24) is 10.6 Å². The fraction of sp³-hybridized carbons (Fsp3) is 0.714. The molecule has 0 spiro atoms. The van der Waals surface area contributed by atoms with E-state index in [9.17, 15) is 9.59 Å². The third kappa shape index (κ3) is 3.02. The van der Waals surface area contributed by atoms with Crippen molar-refractivity contribution in [1.29, 1.82) is 0 Å². The number of carbonyl (C=O) groups is 2. The molecule has 0 saturated carbocycles. The molecule has 1 aliphatic heterocycles. The van der Waals surface area contributed by atoms with Crippen molar-refractivity contribution in [2.24, 2.45) is 0 Å². The number of carbonyl (C=O) groups excluding carboxylic acids is 2. The number of nitrogens with one attached hydrogen (secondary N) is 2. The molecule has 1 fully saturated rings. The second-order valence-corrected chi connectivity index (χ2v) is 2.55. The molecule has 0 aromatic rings. The number of amides is 2. The lowest BCUT2D eigenvalue weighted by Crippen LogP contribution is -2.24. The van der Waals surface area contributed by atoms with Gasteiger partial charge in [-0.15, -0.1) is 0 Å². The Kier molecular flexibility index (Phi) is 2.89. The molecular weight excluding hydrogens is 144 g/mol. The van der Waals surface area contributed by atoms with Crippen LogP contribution >= 0.6 is 0 Å². The Bertz CT molecular complexity index is 150. The molecule has 0 bridgehead atoms. The summed E-state index contributed by atoms with van der Waals surface area (Å²) >= 11 is 0. The van der Waals surface area contributed by atoms with Gasteiger partial charge in [-0.3, -0.25) is 9.59 Å². The van der Waals surface area contributed by atoms with Crippen molar-refractivity contribution in [2.45, 2.75) is 19.3 Å². The molecule has 11 heavy (non-hydrogen) atoms. The predicted octanol–water partition coefficient (Wildman–Crippen LogP) is -0.597. The van der Waals surface area contributed by atoms with Crippen molar-refractivity contribution >= 4 is 11.8 Å². The third-order valence-electron chi connectivity index (χ3n) is 1.58. The summed E-state index contributed by atoms with van der Waals surface area (Å²) < 4.78 is 0. The molecule has 62 valence electrons. The van der Waals surface area contributed by atoms with Crippen LogP contribution in [-0.4, -0.2) is 24.9 Å². The van der Waals surface area contributed by atoms with E-state index in [1.54, 1.807) is 0 Å². The molecule has 4 heteroatoms. The molecule has 1 heterocycles. The van der Waals surface area contributed by atoms with Crippen LogP contribution in [0, 0.1) is 0 Å². The second-order valence-electron chi connectivity index (χ2n) is 2.55. The van der Waals surface area contributed by atoms with Crippen molar-refractivity contribution in [3.8, 4) is 0 Å². The summed E-state index contributed by atoms with van der Waals surface area (Å²) in [6.45, 7) is 1.33. The van der Waals surface area contributed by atoms with Gasteiger partial charge < -0.3 is 10.6 Å². The SMILES string of the molecule is O=C1CCC(=O)NCCCN1. The van der Waals surface area contributed by atoms with Crippen LogP contribution in [0.15, 0.2) is 0 Å². The van der Waals surface area contributed by atoms with E-state index in [0.717, 1.165) is 6.42 Å². The molecule has 0 aliphatic carbocycles. The first-order chi connectivity index (χ1) is 5.29. The van der Waals surface area contributed by atoms with Gasteiger partial charge >= 0.3 is 0 Å². The van der Waals surface area contributed by atoms with Gasteiger partial charge in [0.15, 0.2) is 0 Å². The summed E-state index contributed by atoms with van der Waals surface area (Å²) in [5.74, 6) is -0.0518. The first-order valence-electron chi connectivity index (χ1n) is 3.82. The van der Waals surface area contributed by atoms with E-state index in [-0.39, 0.29) is 11.8 Å². The quantitative estimate of drug-likeness (QED) is 0.492. The molecule has 0 aromatic carbocycles. The van der Waals surface area contributed by atoms with E-state index in [1.807, 2.05) is 0 Å². The lowest BCUT2D eigenvalue weighted by molar-refractivity contribution is -0.125. The van der Waals surface area contributed by atoms with Crippen LogP contribution in [-0.2, 0) is 9.59 Å². The Morgan fingerprint density at radius 2 is 1.36 bits per heavy atom. The molecule has 4 nitrogen and oxygen atoms in total. The van der Waals surface area contributed by atoms with E-state index >= 15 is 0 Å². The maximum absolute atomic E-state index is 10.8. The van der Waals surface area contributed by atoms with E-state index in [4.69, 9.17) is 0 Å². The Labute approximate surface area is 65.3 Å². The van der Waals surface area contributed by atoms with Gasteiger partial charge in [0, 0.05) is 25.9 Å². The van der Waals surface area contributed by atoms with Gasteiger partial charge in [0.25, 0.3) is 0 Å². The summed E-state index contributed by atoms with van der Waals surface area (Å²) in [6.07, 6.45) is 1.44. The highest BCUT2D eigenvalue weighted by atomic mass is 16.2. The first-order valence-corrected chi connectivity index (χ1v) is 3.82. The highest BCUT2D eigenvalue weighted by Gasteiger charge is 2.07. The highest BCUT2D eigenvalue weighted by Crippen LogP contribution is 1.91. The normalized spacial score (nSPS) is 20.7. The summed E-state index contributed by atoms with van der Waals surface area (Å²) in [4.78, 5) is 21.7. The van der Waals surface area contributed by atoms with Crippen LogP contribution in [0.1, 0.15) is 19.3 Å². The van der Waals surface area contributed by atoms with Gasteiger partial charge in [0.05, 0.1) is 0 Å². The lowest BCUT2D eigenvalue weighted by Gasteiger charge is -1.99. The third-order valence-corrected chi connectivity index (χ3v) is 1.58. The van der Waals surface area contributed by atoms with E-state index in [1.165, 1.54) is 0 Å². The molecular formula is C7H12N2O2. The lowest BCUT2D eigenvalue weighted by atomic mass is 10.3. The predicted molar refractivity (Wildman–Crippen MR) is 39.9 cm³/mol. The van der Waals surface area contributed by atoms with Gasteiger partial charge in [-0.1, -0.05) is 0 Å².